The van der Waals surface area contributed by atoms with Crippen molar-refractivity contribution in [1.82, 2.24) is 9.55 Å². The number of aliphatic hydroxyl groups is 1. The van der Waals surface area contributed by atoms with Gasteiger partial charge in [-0.25, -0.2) is 4.98 Å². The SMILES string of the molecule is Cc1nc(-c2ccc(C(F)(F)F)cc2)n(CC(=O)Nc2ccc(C(F)(F)F)cc2)c(=O)c1CCO. The zero-order chi connectivity index (χ0) is 26.0. The zero-order valence-electron chi connectivity index (χ0n) is 18.2. The molecule has 0 atom stereocenters. The van der Waals surface area contributed by atoms with Crippen molar-refractivity contribution >= 4 is 11.6 Å². The van der Waals surface area contributed by atoms with Crippen LogP contribution in [0.25, 0.3) is 11.4 Å². The number of hydrogen-bond acceptors (Lipinski definition) is 4. The van der Waals surface area contributed by atoms with E-state index in [1.807, 2.05) is 0 Å². The minimum atomic E-state index is -4.58. The van der Waals surface area contributed by atoms with Gasteiger partial charge in [-0.05, 0) is 43.3 Å². The van der Waals surface area contributed by atoms with Crippen LogP contribution in [-0.4, -0.2) is 27.2 Å². The Morgan fingerprint density at radius 2 is 1.46 bits per heavy atom. The number of amides is 1. The first-order chi connectivity index (χ1) is 16.3. The van der Waals surface area contributed by atoms with Crippen LogP contribution in [0.3, 0.4) is 0 Å². The van der Waals surface area contributed by atoms with Crippen molar-refractivity contribution in [3.8, 4) is 11.4 Å². The summed E-state index contributed by atoms with van der Waals surface area (Å²) in [5.74, 6) is -0.855. The molecule has 0 bridgehead atoms. The summed E-state index contributed by atoms with van der Waals surface area (Å²) >= 11 is 0. The molecule has 1 aromatic heterocycles. The van der Waals surface area contributed by atoms with Crippen LogP contribution in [0.15, 0.2) is 53.3 Å². The topological polar surface area (TPSA) is 84.2 Å². The largest absolute Gasteiger partial charge is 0.416 e. The Labute approximate surface area is 194 Å². The molecule has 1 amide bonds. The highest BCUT2D eigenvalue weighted by atomic mass is 19.4. The van der Waals surface area contributed by atoms with Gasteiger partial charge in [-0.3, -0.25) is 14.2 Å². The number of rotatable bonds is 6. The standard InChI is InChI=1S/C23H19F6N3O3/c1-13-18(10-11-33)21(35)32(20(30-13)14-2-4-15(5-3-14)22(24,25)26)12-19(34)31-17-8-6-16(7-9-17)23(27,28)29/h2-9,33H,10-12H2,1H3,(H,31,34). The van der Waals surface area contributed by atoms with Crippen molar-refractivity contribution in [2.24, 2.45) is 0 Å². The summed E-state index contributed by atoms with van der Waals surface area (Å²) in [7, 11) is 0. The summed E-state index contributed by atoms with van der Waals surface area (Å²) in [6, 6.07) is 7.50. The summed E-state index contributed by atoms with van der Waals surface area (Å²) in [5.41, 5.74) is -1.97. The molecule has 6 nitrogen and oxygen atoms in total. The number of aliphatic hydroxyl groups excluding tert-OH is 1. The molecule has 35 heavy (non-hydrogen) atoms. The summed E-state index contributed by atoms with van der Waals surface area (Å²) < 4.78 is 77.9. The van der Waals surface area contributed by atoms with Crippen molar-refractivity contribution in [3.05, 3.63) is 81.3 Å². The Morgan fingerprint density at radius 1 is 0.943 bits per heavy atom. The molecule has 2 aromatic carbocycles. The van der Waals surface area contributed by atoms with Crippen LogP contribution in [0, 0.1) is 6.92 Å². The van der Waals surface area contributed by atoms with Crippen molar-refractivity contribution < 1.29 is 36.2 Å². The molecule has 0 aliphatic carbocycles. The van der Waals surface area contributed by atoms with Crippen molar-refractivity contribution in [2.75, 3.05) is 11.9 Å². The van der Waals surface area contributed by atoms with Gasteiger partial charge in [0.1, 0.15) is 12.4 Å². The van der Waals surface area contributed by atoms with E-state index in [9.17, 15) is 41.0 Å². The van der Waals surface area contributed by atoms with E-state index in [-0.39, 0.29) is 41.4 Å². The Hall–Kier alpha value is -3.67. The van der Waals surface area contributed by atoms with E-state index in [1.54, 1.807) is 0 Å². The van der Waals surface area contributed by atoms with Crippen molar-refractivity contribution in [3.63, 3.8) is 0 Å². The number of aromatic nitrogens is 2. The Morgan fingerprint density at radius 3 is 1.94 bits per heavy atom. The lowest BCUT2D eigenvalue weighted by Gasteiger charge is -2.16. The minimum Gasteiger partial charge on any atom is -0.396 e. The van der Waals surface area contributed by atoms with E-state index in [4.69, 9.17) is 0 Å². The predicted molar refractivity (Wildman–Crippen MR) is 115 cm³/mol. The van der Waals surface area contributed by atoms with Crippen LogP contribution in [0.2, 0.25) is 0 Å². The molecule has 2 N–H and O–H groups in total. The fourth-order valence-corrected chi connectivity index (χ4v) is 3.36. The van der Waals surface area contributed by atoms with Crippen LogP contribution >= 0.6 is 0 Å². The van der Waals surface area contributed by atoms with E-state index in [0.717, 1.165) is 53.1 Å². The van der Waals surface area contributed by atoms with Gasteiger partial charge in [0.15, 0.2) is 0 Å². The van der Waals surface area contributed by atoms with E-state index in [2.05, 4.69) is 10.3 Å². The summed E-state index contributed by atoms with van der Waals surface area (Å²) in [6.45, 7) is 0.490. The highest BCUT2D eigenvalue weighted by Crippen LogP contribution is 2.31. The summed E-state index contributed by atoms with van der Waals surface area (Å²) in [5, 5.41) is 11.6. The number of hydrogen-bond donors (Lipinski definition) is 2. The van der Waals surface area contributed by atoms with Gasteiger partial charge in [0, 0.05) is 35.5 Å². The monoisotopic (exact) mass is 499 g/mol. The molecule has 0 saturated heterocycles. The maximum atomic E-state index is 13.1. The smallest absolute Gasteiger partial charge is 0.396 e. The fraction of sp³-hybridized carbons (Fsp3) is 0.261. The van der Waals surface area contributed by atoms with Gasteiger partial charge in [0.2, 0.25) is 5.91 Å². The molecule has 186 valence electrons. The fourth-order valence-electron chi connectivity index (χ4n) is 3.36. The number of carbonyl (C=O) groups excluding carboxylic acids is 1. The molecular formula is C23H19F6N3O3. The molecule has 0 saturated carbocycles. The lowest BCUT2D eigenvalue weighted by molar-refractivity contribution is -0.138. The molecule has 3 aromatic rings. The van der Waals surface area contributed by atoms with E-state index in [0.29, 0.717) is 0 Å². The Bertz CT molecular complexity index is 1260. The van der Waals surface area contributed by atoms with Crippen LogP contribution < -0.4 is 10.9 Å². The first kappa shape index (κ1) is 25.9. The third-order valence-electron chi connectivity index (χ3n) is 5.10. The van der Waals surface area contributed by atoms with E-state index >= 15 is 0 Å². The Kier molecular flexibility index (Phi) is 7.34. The van der Waals surface area contributed by atoms with E-state index < -0.39 is 41.5 Å². The van der Waals surface area contributed by atoms with Gasteiger partial charge in [0.25, 0.3) is 5.56 Å². The third kappa shape index (κ3) is 6.07. The molecule has 0 fully saturated rings. The quantitative estimate of drug-likeness (QED) is 0.492. The molecule has 1 heterocycles. The molecule has 3 rings (SSSR count). The number of halogens is 6. The van der Waals surface area contributed by atoms with Crippen LogP contribution in [0.4, 0.5) is 32.0 Å². The zero-order valence-corrected chi connectivity index (χ0v) is 18.2. The third-order valence-corrected chi connectivity index (χ3v) is 5.10. The number of aryl methyl sites for hydroxylation is 1. The lowest BCUT2D eigenvalue weighted by atomic mass is 10.1. The highest BCUT2D eigenvalue weighted by molar-refractivity contribution is 5.90. The number of nitrogens with zero attached hydrogens (tertiary/aromatic N) is 2. The molecule has 0 aliphatic heterocycles. The Balaban J connectivity index is 1.97. The molecule has 0 aliphatic rings. The second-order valence-electron chi connectivity index (χ2n) is 7.56. The molecule has 0 unspecified atom stereocenters. The lowest BCUT2D eigenvalue weighted by Crippen LogP contribution is -2.33. The summed E-state index contributed by atoms with van der Waals surface area (Å²) in [6.07, 6.45) is -9.19. The number of anilines is 1. The van der Waals surface area contributed by atoms with Gasteiger partial charge in [-0.1, -0.05) is 12.1 Å². The van der Waals surface area contributed by atoms with Crippen molar-refractivity contribution in [1.29, 1.82) is 0 Å². The maximum Gasteiger partial charge on any atom is 0.416 e. The van der Waals surface area contributed by atoms with Crippen molar-refractivity contribution in [2.45, 2.75) is 32.2 Å². The minimum absolute atomic E-state index is 0.0442. The van der Waals surface area contributed by atoms with Gasteiger partial charge in [0.05, 0.1) is 11.1 Å². The predicted octanol–water partition coefficient (Wildman–Crippen LogP) is 4.43. The van der Waals surface area contributed by atoms with Gasteiger partial charge < -0.3 is 10.4 Å². The van der Waals surface area contributed by atoms with Gasteiger partial charge in [-0.15, -0.1) is 0 Å². The first-order valence-electron chi connectivity index (χ1n) is 10.2. The summed E-state index contributed by atoms with van der Waals surface area (Å²) in [4.78, 5) is 30.0. The molecule has 0 spiro atoms. The second-order valence-corrected chi connectivity index (χ2v) is 7.56. The van der Waals surface area contributed by atoms with Gasteiger partial charge >= 0.3 is 12.4 Å². The number of alkyl halides is 6. The average molecular weight is 499 g/mol. The first-order valence-corrected chi connectivity index (χ1v) is 10.2. The second kappa shape index (κ2) is 9.90. The average Bonchev–Trinajstić information content (AvgIpc) is 2.77. The number of benzene rings is 2. The van der Waals surface area contributed by atoms with Crippen LogP contribution in [0.1, 0.15) is 22.4 Å². The number of carbonyl (C=O) groups is 1. The van der Waals surface area contributed by atoms with E-state index in [1.165, 1.54) is 6.92 Å². The van der Waals surface area contributed by atoms with Gasteiger partial charge in [-0.2, -0.15) is 26.3 Å². The molecule has 12 heteroatoms. The normalized spacial score (nSPS) is 12.0. The maximum absolute atomic E-state index is 13.1. The van der Waals surface area contributed by atoms with Crippen LogP contribution in [-0.2, 0) is 30.1 Å². The molecule has 0 radical (unpaired) electrons. The number of nitrogens with one attached hydrogen (secondary N) is 1. The molecular weight excluding hydrogens is 480 g/mol. The van der Waals surface area contributed by atoms with Crippen LogP contribution in [0.5, 0.6) is 0 Å². The highest BCUT2D eigenvalue weighted by Gasteiger charge is 2.31.